The van der Waals surface area contributed by atoms with E-state index >= 15 is 0 Å². The molecular weight excluding hydrogens is 436 g/mol. The van der Waals surface area contributed by atoms with E-state index in [2.05, 4.69) is 0 Å². The molecule has 1 fully saturated rings. The van der Waals surface area contributed by atoms with Crippen molar-refractivity contribution in [3.63, 3.8) is 0 Å². The van der Waals surface area contributed by atoms with Crippen molar-refractivity contribution < 1.29 is 19.1 Å². The zero-order chi connectivity index (χ0) is 23.2. The first-order valence-corrected chi connectivity index (χ1v) is 11.8. The summed E-state index contributed by atoms with van der Waals surface area (Å²) in [5, 5.41) is 2.01. The van der Waals surface area contributed by atoms with E-state index in [0.29, 0.717) is 30.2 Å². The Morgan fingerprint density at radius 1 is 0.970 bits per heavy atom. The molecule has 0 N–H and O–H groups in total. The molecule has 2 amide bonds. The average Bonchev–Trinajstić information content (AvgIpc) is 3.56. The summed E-state index contributed by atoms with van der Waals surface area (Å²) in [4.78, 5) is 31.6. The number of benzene rings is 2. The van der Waals surface area contributed by atoms with E-state index < -0.39 is 0 Å². The Morgan fingerprint density at radius 3 is 2.39 bits per heavy atom. The maximum absolute atomic E-state index is 13.5. The number of rotatable bonds is 10. The van der Waals surface area contributed by atoms with Gasteiger partial charge in [0.1, 0.15) is 18.0 Å². The van der Waals surface area contributed by atoms with Crippen molar-refractivity contribution in [3.8, 4) is 11.5 Å². The van der Waals surface area contributed by atoms with Crippen LogP contribution in [0.1, 0.15) is 33.6 Å². The minimum absolute atomic E-state index is 0.0386. The van der Waals surface area contributed by atoms with Crippen LogP contribution in [0, 0.1) is 0 Å². The predicted octanol–water partition coefficient (Wildman–Crippen LogP) is 4.60. The molecule has 0 aliphatic heterocycles. The summed E-state index contributed by atoms with van der Waals surface area (Å²) < 4.78 is 10.7. The molecule has 7 heteroatoms. The molecule has 2 aromatic carbocycles. The van der Waals surface area contributed by atoms with Crippen LogP contribution in [0.4, 0.5) is 0 Å². The molecule has 0 atom stereocenters. The number of ether oxygens (including phenoxy) is 2. The number of carbonyl (C=O) groups is 2. The lowest BCUT2D eigenvalue weighted by Gasteiger charge is -2.28. The van der Waals surface area contributed by atoms with Crippen molar-refractivity contribution in [1.29, 1.82) is 0 Å². The molecular formula is C26H28N2O4S. The standard InChI is InChI=1S/C26H28N2O4S/c1-31-21-12-13-23(24(15-21)32-2)26(30)28(20-10-11-20)18-25(29)27(17-22-9-6-14-33-22)16-19-7-4-3-5-8-19/h3-9,12-15,20H,10-11,16-18H2,1-2H3. The highest BCUT2D eigenvalue weighted by atomic mass is 32.1. The fourth-order valence-corrected chi connectivity index (χ4v) is 4.47. The van der Waals surface area contributed by atoms with E-state index in [-0.39, 0.29) is 24.4 Å². The number of carbonyl (C=O) groups excluding carboxylic acids is 2. The van der Waals surface area contributed by atoms with E-state index in [4.69, 9.17) is 9.47 Å². The molecule has 1 aromatic heterocycles. The average molecular weight is 465 g/mol. The first-order valence-electron chi connectivity index (χ1n) is 11.0. The van der Waals surface area contributed by atoms with Gasteiger partial charge < -0.3 is 19.3 Å². The maximum atomic E-state index is 13.5. The van der Waals surface area contributed by atoms with Gasteiger partial charge in [0.25, 0.3) is 5.91 Å². The first kappa shape index (κ1) is 22.9. The van der Waals surface area contributed by atoms with Crippen LogP contribution in [0.2, 0.25) is 0 Å². The lowest BCUT2D eigenvalue weighted by molar-refractivity contribution is -0.133. The molecule has 1 heterocycles. The van der Waals surface area contributed by atoms with Crippen molar-refractivity contribution in [1.82, 2.24) is 9.80 Å². The molecule has 33 heavy (non-hydrogen) atoms. The summed E-state index contributed by atoms with van der Waals surface area (Å²) in [6.45, 7) is 1.05. The van der Waals surface area contributed by atoms with Crippen LogP contribution >= 0.6 is 11.3 Å². The van der Waals surface area contributed by atoms with E-state index in [1.807, 2.05) is 52.7 Å². The van der Waals surface area contributed by atoms with Gasteiger partial charge in [0.05, 0.1) is 26.3 Å². The SMILES string of the molecule is COc1ccc(C(=O)N(CC(=O)N(Cc2ccccc2)Cc2cccs2)C2CC2)c(OC)c1. The number of hydrogen-bond acceptors (Lipinski definition) is 5. The van der Waals surface area contributed by atoms with Gasteiger partial charge in [-0.3, -0.25) is 9.59 Å². The highest BCUT2D eigenvalue weighted by molar-refractivity contribution is 7.09. The normalized spacial score (nSPS) is 12.8. The van der Waals surface area contributed by atoms with E-state index in [9.17, 15) is 9.59 Å². The van der Waals surface area contributed by atoms with E-state index in [1.54, 1.807) is 41.5 Å². The Kier molecular flexibility index (Phi) is 7.29. The van der Waals surface area contributed by atoms with Crippen LogP contribution in [0.5, 0.6) is 11.5 Å². The molecule has 1 aliphatic rings. The largest absolute Gasteiger partial charge is 0.497 e. The number of methoxy groups -OCH3 is 2. The van der Waals surface area contributed by atoms with Crippen molar-refractivity contribution in [2.75, 3.05) is 20.8 Å². The monoisotopic (exact) mass is 464 g/mol. The van der Waals surface area contributed by atoms with Gasteiger partial charge in [0.15, 0.2) is 0 Å². The highest BCUT2D eigenvalue weighted by Gasteiger charge is 2.36. The van der Waals surface area contributed by atoms with Crippen LogP contribution in [-0.4, -0.2) is 48.4 Å². The highest BCUT2D eigenvalue weighted by Crippen LogP contribution is 2.32. The summed E-state index contributed by atoms with van der Waals surface area (Å²) in [5.41, 5.74) is 1.49. The van der Waals surface area contributed by atoms with Crippen LogP contribution < -0.4 is 9.47 Å². The third-order valence-electron chi connectivity index (χ3n) is 5.69. The fraction of sp³-hybridized carbons (Fsp3) is 0.308. The molecule has 0 unspecified atom stereocenters. The summed E-state index contributed by atoms with van der Waals surface area (Å²) in [6.07, 6.45) is 1.81. The molecule has 1 saturated carbocycles. The molecule has 4 rings (SSSR count). The van der Waals surface area contributed by atoms with Crippen molar-refractivity contribution in [2.24, 2.45) is 0 Å². The van der Waals surface area contributed by atoms with Gasteiger partial charge in [0, 0.05) is 23.5 Å². The van der Waals surface area contributed by atoms with Gasteiger partial charge in [-0.1, -0.05) is 36.4 Å². The third kappa shape index (κ3) is 5.73. The van der Waals surface area contributed by atoms with Gasteiger partial charge >= 0.3 is 0 Å². The number of nitrogens with zero attached hydrogens (tertiary/aromatic N) is 2. The second-order valence-corrected chi connectivity index (χ2v) is 9.08. The van der Waals surface area contributed by atoms with Crippen LogP contribution in [0.3, 0.4) is 0 Å². The molecule has 6 nitrogen and oxygen atoms in total. The summed E-state index contributed by atoms with van der Waals surface area (Å²) in [7, 11) is 3.10. The Morgan fingerprint density at radius 2 is 1.76 bits per heavy atom. The Bertz CT molecular complexity index is 1080. The van der Waals surface area contributed by atoms with Crippen molar-refractivity contribution in [2.45, 2.75) is 32.0 Å². The number of thiophene rings is 1. The fourth-order valence-electron chi connectivity index (χ4n) is 3.76. The molecule has 3 aromatic rings. The van der Waals surface area contributed by atoms with Gasteiger partial charge in [-0.2, -0.15) is 0 Å². The summed E-state index contributed by atoms with van der Waals surface area (Å²) >= 11 is 1.63. The van der Waals surface area contributed by atoms with Gasteiger partial charge in [-0.25, -0.2) is 0 Å². The summed E-state index contributed by atoms with van der Waals surface area (Å²) in [6, 6.07) is 19.2. The second-order valence-electron chi connectivity index (χ2n) is 8.05. The molecule has 172 valence electrons. The third-order valence-corrected chi connectivity index (χ3v) is 6.55. The zero-order valence-electron chi connectivity index (χ0n) is 18.9. The van der Waals surface area contributed by atoms with Crippen LogP contribution in [0.15, 0.2) is 66.0 Å². The van der Waals surface area contributed by atoms with Crippen LogP contribution in [-0.2, 0) is 17.9 Å². The van der Waals surface area contributed by atoms with Gasteiger partial charge in [-0.05, 0) is 42.0 Å². The Balaban J connectivity index is 1.55. The maximum Gasteiger partial charge on any atom is 0.258 e. The number of hydrogen-bond donors (Lipinski definition) is 0. The molecule has 0 spiro atoms. The quantitative estimate of drug-likeness (QED) is 0.440. The van der Waals surface area contributed by atoms with Gasteiger partial charge in [0.2, 0.25) is 5.91 Å². The Hall–Kier alpha value is -3.32. The predicted molar refractivity (Wildman–Crippen MR) is 129 cm³/mol. The number of amides is 2. The minimum atomic E-state index is -0.193. The van der Waals surface area contributed by atoms with Gasteiger partial charge in [-0.15, -0.1) is 11.3 Å². The molecule has 1 aliphatic carbocycles. The van der Waals surface area contributed by atoms with Crippen LogP contribution in [0.25, 0.3) is 0 Å². The van der Waals surface area contributed by atoms with Crippen molar-refractivity contribution in [3.05, 3.63) is 82.0 Å². The smallest absolute Gasteiger partial charge is 0.258 e. The van der Waals surface area contributed by atoms with Crippen molar-refractivity contribution >= 4 is 23.2 Å². The minimum Gasteiger partial charge on any atom is -0.497 e. The van der Waals surface area contributed by atoms with E-state index in [1.165, 1.54) is 7.11 Å². The topological polar surface area (TPSA) is 59.1 Å². The first-order chi connectivity index (χ1) is 16.1. The lowest BCUT2D eigenvalue weighted by Crippen LogP contribution is -2.43. The molecule has 0 saturated heterocycles. The molecule has 0 bridgehead atoms. The molecule has 0 radical (unpaired) electrons. The summed E-state index contributed by atoms with van der Waals surface area (Å²) in [5.74, 6) is 0.792. The second kappa shape index (κ2) is 10.5. The lowest BCUT2D eigenvalue weighted by atomic mass is 10.1. The Labute approximate surface area is 198 Å². The zero-order valence-corrected chi connectivity index (χ0v) is 19.7. The van der Waals surface area contributed by atoms with E-state index in [0.717, 1.165) is 23.3 Å².